The van der Waals surface area contributed by atoms with Gasteiger partial charge in [0.1, 0.15) is 12.4 Å². The van der Waals surface area contributed by atoms with E-state index in [1.807, 2.05) is 29.1 Å². The van der Waals surface area contributed by atoms with Gasteiger partial charge < -0.3 is 19.9 Å². The molecule has 1 fully saturated rings. The molecule has 6 rings (SSSR count). The maximum atomic E-state index is 13.4. The lowest BCUT2D eigenvalue weighted by Crippen LogP contribution is -2.32. The number of ether oxygens (including phenoxy) is 1. The van der Waals surface area contributed by atoms with E-state index in [0.717, 1.165) is 42.4 Å². The third-order valence-corrected chi connectivity index (χ3v) is 6.74. The standard InChI is InChI=1S/C25H26N8O3/c1-32-8-9-36-22-13-28-23(34)11-18(22)20-10-17-19(29-30-21(17)12-27-20)3-2-15-14-33(31-24(15)25(32)35)16-4-6-26-7-5-16/h2-3,10-14,16,26H,4-9H2,1H3,(H,28,34)(H,29,30)/b3-2+. The van der Waals surface area contributed by atoms with Crippen LogP contribution in [0.1, 0.15) is 40.6 Å². The SMILES string of the molecule is CN1CCOc2c[nH]c(=O)cc2-c2cc3c(n[nH]c3cn2)/C=C/c2cn(C3CCNCC3)nc2C1=O. The number of nitrogens with zero attached hydrogens (tertiary/aromatic N) is 5. The molecule has 11 heteroatoms. The molecule has 0 spiro atoms. The third-order valence-electron chi connectivity index (χ3n) is 6.74. The number of amides is 1. The Morgan fingerprint density at radius 3 is 2.86 bits per heavy atom. The number of nitrogens with one attached hydrogen (secondary N) is 3. The monoisotopic (exact) mass is 486 g/mol. The van der Waals surface area contributed by atoms with Crippen LogP contribution in [0, 0.1) is 0 Å². The Morgan fingerprint density at radius 2 is 2.00 bits per heavy atom. The van der Waals surface area contributed by atoms with Gasteiger partial charge in [0.25, 0.3) is 5.91 Å². The van der Waals surface area contributed by atoms with Crippen molar-refractivity contribution in [1.82, 2.24) is 40.2 Å². The summed E-state index contributed by atoms with van der Waals surface area (Å²) in [6.45, 7) is 2.44. The summed E-state index contributed by atoms with van der Waals surface area (Å²) in [6.07, 6.45) is 10.8. The van der Waals surface area contributed by atoms with Crippen LogP contribution in [0.2, 0.25) is 0 Å². The summed E-state index contributed by atoms with van der Waals surface area (Å²) in [7, 11) is 1.73. The van der Waals surface area contributed by atoms with Gasteiger partial charge in [0.05, 0.1) is 35.7 Å². The molecule has 0 atom stereocenters. The van der Waals surface area contributed by atoms with Crippen LogP contribution in [0.15, 0.2) is 35.5 Å². The topological polar surface area (TPSA) is 134 Å². The second-order valence-electron chi connectivity index (χ2n) is 9.10. The molecule has 0 unspecified atom stereocenters. The number of pyridine rings is 2. The summed E-state index contributed by atoms with van der Waals surface area (Å²) in [5, 5.41) is 16.4. The van der Waals surface area contributed by atoms with Crippen LogP contribution in [-0.2, 0) is 0 Å². The first-order valence-corrected chi connectivity index (χ1v) is 12.0. The molecule has 4 aromatic heterocycles. The Hall–Kier alpha value is -4.25. The van der Waals surface area contributed by atoms with Crippen molar-refractivity contribution < 1.29 is 9.53 Å². The first-order valence-electron chi connectivity index (χ1n) is 12.0. The molecule has 184 valence electrons. The number of piperidine rings is 1. The Balaban J connectivity index is 1.48. The molecule has 11 nitrogen and oxygen atoms in total. The average molecular weight is 487 g/mol. The molecule has 0 saturated carbocycles. The van der Waals surface area contributed by atoms with Crippen molar-refractivity contribution >= 4 is 29.0 Å². The summed E-state index contributed by atoms with van der Waals surface area (Å²) in [6, 6.07) is 3.60. The lowest BCUT2D eigenvalue weighted by Gasteiger charge is -2.23. The average Bonchev–Trinajstić information content (AvgIpc) is 3.51. The number of hydrogen-bond acceptors (Lipinski definition) is 7. The van der Waals surface area contributed by atoms with Crippen molar-refractivity contribution in [2.45, 2.75) is 18.9 Å². The predicted octanol–water partition coefficient (Wildman–Crippen LogP) is 2.07. The molecule has 36 heavy (non-hydrogen) atoms. The number of carbonyl (C=O) groups excluding carboxylic acids is 1. The highest BCUT2D eigenvalue weighted by Crippen LogP contribution is 2.30. The van der Waals surface area contributed by atoms with Gasteiger partial charge in [0, 0.05) is 42.0 Å². The molecule has 2 aliphatic rings. The van der Waals surface area contributed by atoms with Crippen LogP contribution in [0.25, 0.3) is 34.3 Å². The number of aromatic amines is 2. The summed E-state index contributed by atoms with van der Waals surface area (Å²) >= 11 is 0. The minimum absolute atomic E-state index is 0.183. The second kappa shape index (κ2) is 9.08. The number of rotatable bonds is 1. The fourth-order valence-corrected chi connectivity index (χ4v) is 4.69. The molecule has 3 N–H and O–H groups in total. The number of fused-ring (bicyclic) bond motifs is 4. The van der Waals surface area contributed by atoms with Crippen LogP contribution in [0.4, 0.5) is 0 Å². The van der Waals surface area contributed by atoms with E-state index < -0.39 is 0 Å². The van der Waals surface area contributed by atoms with Gasteiger partial charge in [-0.3, -0.25) is 24.4 Å². The van der Waals surface area contributed by atoms with E-state index in [1.165, 1.54) is 12.3 Å². The lowest BCUT2D eigenvalue weighted by atomic mass is 10.1. The minimum atomic E-state index is -0.257. The van der Waals surface area contributed by atoms with Crippen molar-refractivity contribution in [2.24, 2.45) is 0 Å². The van der Waals surface area contributed by atoms with E-state index >= 15 is 0 Å². The fraction of sp³-hybridized carbons (Fsp3) is 0.320. The van der Waals surface area contributed by atoms with E-state index in [2.05, 4.69) is 25.5 Å². The maximum absolute atomic E-state index is 13.4. The highest BCUT2D eigenvalue weighted by molar-refractivity contribution is 5.98. The molecule has 2 bridgehead atoms. The molecule has 1 amide bonds. The summed E-state index contributed by atoms with van der Waals surface area (Å²) < 4.78 is 7.93. The van der Waals surface area contributed by atoms with Crippen LogP contribution in [0.3, 0.4) is 0 Å². The van der Waals surface area contributed by atoms with Gasteiger partial charge in [0.15, 0.2) is 5.69 Å². The van der Waals surface area contributed by atoms with Crippen molar-refractivity contribution in [2.75, 3.05) is 33.3 Å². The molecule has 4 aromatic rings. The van der Waals surface area contributed by atoms with E-state index in [1.54, 1.807) is 18.1 Å². The minimum Gasteiger partial charge on any atom is -0.489 e. The molecule has 0 radical (unpaired) electrons. The van der Waals surface area contributed by atoms with Crippen LogP contribution >= 0.6 is 0 Å². The van der Waals surface area contributed by atoms with Gasteiger partial charge in [-0.2, -0.15) is 10.2 Å². The zero-order valence-corrected chi connectivity index (χ0v) is 19.8. The van der Waals surface area contributed by atoms with E-state index in [-0.39, 0.29) is 24.1 Å². The summed E-state index contributed by atoms with van der Waals surface area (Å²) in [5.74, 6) is 0.297. The second-order valence-corrected chi connectivity index (χ2v) is 9.10. The van der Waals surface area contributed by atoms with Crippen molar-refractivity contribution in [1.29, 1.82) is 0 Å². The largest absolute Gasteiger partial charge is 0.489 e. The summed E-state index contributed by atoms with van der Waals surface area (Å²) in [4.78, 5) is 34.3. The quantitative estimate of drug-likeness (QED) is 0.375. The normalized spacial score (nSPS) is 17.8. The molecule has 2 aliphatic heterocycles. The van der Waals surface area contributed by atoms with Gasteiger partial charge in [-0.25, -0.2) is 0 Å². The van der Waals surface area contributed by atoms with Gasteiger partial charge in [-0.15, -0.1) is 0 Å². The van der Waals surface area contributed by atoms with Crippen LogP contribution in [-0.4, -0.2) is 74.0 Å². The highest BCUT2D eigenvalue weighted by atomic mass is 16.5. The lowest BCUT2D eigenvalue weighted by molar-refractivity contribution is 0.0766. The smallest absolute Gasteiger partial charge is 0.274 e. The van der Waals surface area contributed by atoms with E-state index in [4.69, 9.17) is 9.84 Å². The Labute approximate surface area is 206 Å². The zero-order valence-electron chi connectivity index (χ0n) is 19.8. The van der Waals surface area contributed by atoms with E-state index in [9.17, 15) is 9.59 Å². The first-order chi connectivity index (χ1) is 17.6. The molecule has 0 aliphatic carbocycles. The predicted molar refractivity (Wildman–Crippen MR) is 135 cm³/mol. The van der Waals surface area contributed by atoms with Crippen molar-refractivity contribution in [3.8, 4) is 17.0 Å². The van der Waals surface area contributed by atoms with Crippen molar-refractivity contribution in [3.05, 3.63) is 58.0 Å². The Kier molecular flexibility index (Phi) is 5.61. The molecular weight excluding hydrogens is 460 g/mol. The number of H-pyrrole nitrogens is 2. The van der Waals surface area contributed by atoms with Gasteiger partial charge in [-0.1, -0.05) is 0 Å². The van der Waals surface area contributed by atoms with Crippen LogP contribution in [0.5, 0.6) is 5.75 Å². The molecular formula is C25H26N8O3. The molecule has 1 saturated heterocycles. The maximum Gasteiger partial charge on any atom is 0.274 e. The molecule has 6 heterocycles. The van der Waals surface area contributed by atoms with Gasteiger partial charge in [-0.05, 0) is 44.1 Å². The highest BCUT2D eigenvalue weighted by Gasteiger charge is 2.24. The molecule has 0 aromatic carbocycles. The fourth-order valence-electron chi connectivity index (χ4n) is 4.69. The van der Waals surface area contributed by atoms with E-state index in [0.29, 0.717) is 34.9 Å². The first kappa shape index (κ1) is 22.2. The Morgan fingerprint density at radius 1 is 1.14 bits per heavy atom. The zero-order chi connectivity index (χ0) is 24.6. The number of carbonyl (C=O) groups is 1. The number of hydrogen-bond donors (Lipinski definition) is 3. The summed E-state index contributed by atoms with van der Waals surface area (Å²) in [5.41, 5.74) is 3.50. The third kappa shape index (κ3) is 4.07. The number of aromatic nitrogens is 6. The Bertz CT molecular complexity index is 1530. The number of likely N-dealkylation sites (N-methyl/N-ethyl adjacent to an activating group) is 1. The van der Waals surface area contributed by atoms with Gasteiger partial charge in [0.2, 0.25) is 5.56 Å². The van der Waals surface area contributed by atoms with Crippen molar-refractivity contribution in [3.63, 3.8) is 0 Å². The van der Waals surface area contributed by atoms with Gasteiger partial charge >= 0.3 is 0 Å². The van der Waals surface area contributed by atoms with Crippen LogP contribution < -0.4 is 15.6 Å².